The Balaban J connectivity index is 2.09. The van der Waals surface area contributed by atoms with Gasteiger partial charge in [-0.2, -0.15) is 0 Å². The van der Waals surface area contributed by atoms with Gasteiger partial charge in [-0.3, -0.25) is 9.59 Å². The molecule has 1 atom stereocenters. The Morgan fingerprint density at radius 3 is 2.94 bits per heavy atom. The van der Waals surface area contributed by atoms with Crippen LogP contribution in [-0.2, 0) is 4.79 Å². The average Bonchev–Trinajstić information content (AvgIpc) is 2.68. The van der Waals surface area contributed by atoms with Crippen molar-refractivity contribution in [3.63, 3.8) is 0 Å². The second kappa shape index (κ2) is 4.45. The van der Waals surface area contributed by atoms with E-state index in [1.165, 1.54) is 0 Å². The van der Waals surface area contributed by atoms with Gasteiger partial charge in [-0.15, -0.1) is 0 Å². The predicted octanol–water partition coefficient (Wildman–Crippen LogP) is 0.196. The number of para-hydroxylation sites is 1. The minimum atomic E-state index is -0.229. The Morgan fingerprint density at radius 2 is 2.29 bits per heavy atom. The number of aryl methyl sites for hydroxylation is 1. The Morgan fingerprint density at radius 1 is 1.53 bits per heavy atom. The molecule has 2 amide bonds. The van der Waals surface area contributed by atoms with E-state index < -0.39 is 0 Å². The van der Waals surface area contributed by atoms with Gasteiger partial charge in [0.2, 0.25) is 5.91 Å². The Bertz CT molecular complexity index is 471. The van der Waals surface area contributed by atoms with Gasteiger partial charge in [0, 0.05) is 18.7 Å². The van der Waals surface area contributed by atoms with Crippen LogP contribution in [0.25, 0.3) is 0 Å². The highest BCUT2D eigenvalue weighted by atomic mass is 16.2. The lowest BCUT2D eigenvalue weighted by atomic mass is 10.1. The number of nitrogens with one attached hydrogen (secondary N) is 2. The Hall–Kier alpha value is -2.04. The Labute approximate surface area is 99.4 Å². The van der Waals surface area contributed by atoms with Crippen LogP contribution in [0.5, 0.6) is 0 Å². The third-order valence-corrected chi connectivity index (χ3v) is 2.88. The van der Waals surface area contributed by atoms with Gasteiger partial charge >= 0.3 is 0 Å². The van der Waals surface area contributed by atoms with E-state index >= 15 is 0 Å². The van der Waals surface area contributed by atoms with Crippen LogP contribution in [0.2, 0.25) is 0 Å². The molecule has 0 spiro atoms. The summed E-state index contributed by atoms with van der Waals surface area (Å²) >= 11 is 0. The van der Waals surface area contributed by atoms with Crippen molar-refractivity contribution in [1.29, 1.82) is 0 Å². The number of carbonyl (C=O) groups excluding carboxylic acids is 2. The summed E-state index contributed by atoms with van der Waals surface area (Å²) in [5.41, 5.74) is 7.67. The molecule has 17 heavy (non-hydrogen) atoms. The van der Waals surface area contributed by atoms with E-state index in [9.17, 15) is 9.59 Å². The smallest absolute Gasteiger partial charge is 0.253 e. The Kier molecular flexibility index (Phi) is 2.99. The molecule has 1 aliphatic rings. The maximum Gasteiger partial charge on any atom is 0.253 e. The molecule has 1 fully saturated rings. The first-order valence-electron chi connectivity index (χ1n) is 5.50. The van der Waals surface area contributed by atoms with Gasteiger partial charge < -0.3 is 16.4 Å². The van der Waals surface area contributed by atoms with E-state index in [2.05, 4.69) is 10.6 Å². The van der Waals surface area contributed by atoms with Crippen LogP contribution < -0.4 is 16.4 Å². The molecule has 5 nitrogen and oxygen atoms in total. The van der Waals surface area contributed by atoms with Crippen LogP contribution in [0.3, 0.4) is 0 Å². The van der Waals surface area contributed by atoms with Crippen LogP contribution in [0.1, 0.15) is 22.3 Å². The first kappa shape index (κ1) is 11.4. The second-order valence-electron chi connectivity index (χ2n) is 4.21. The summed E-state index contributed by atoms with van der Waals surface area (Å²) in [6.45, 7) is 2.34. The third-order valence-electron chi connectivity index (χ3n) is 2.88. The molecule has 0 radical (unpaired) electrons. The predicted molar refractivity (Wildman–Crippen MR) is 64.5 cm³/mol. The number of nitrogen functional groups attached to an aromatic ring is 1. The van der Waals surface area contributed by atoms with Crippen molar-refractivity contribution < 1.29 is 9.59 Å². The molecule has 5 heteroatoms. The zero-order valence-corrected chi connectivity index (χ0v) is 9.62. The quantitative estimate of drug-likeness (QED) is 0.638. The number of hydrogen-bond donors (Lipinski definition) is 3. The highest BCUT2D eigenvalue weighted by Gasteiger charge is 2.23. The lowest BCUT2D eigenvalue weighted by Gasteiger charge is -2.12. The summed E-state index contributed by atoms with van der Waals surface area (Å²) in [5, 5.41) is 5.46. The van der Waals surface area contributed by atoms with Crippen LogP contribution in [0.4, 0.5) is 5.69 Å². The minimum Gasteiger partial charge on any atom is -0.398 e. The monoisotopic (exact) mass is 233 g/mol. The van der Waals surface area contributed by atoms with Crippen molar-refractivity contribution in [1.82, 2.24) is 10.6 Å². The van der Waals surface area contributed by atoms with Crippen molar-refractivity contribution >= 4 is 17.5 Å². The number of benzene rings is 1. The van der Waals surface area contributed by atoms with Crippen molar-refractivity contribution in [3.8, 4) is 0 Å². The molecule has 90 valence electrons. The van der Waals surface area contributed by atoms with Gasteiger partial charge in [0.25, 0.3) is 5.91 Å². The first-order valence-corrected chi connectivity index (χ1v) is 5.50. The number of rotatable bonds is 2. The highest BCUT2D eigenvalue weighted by Crippen LogP contribution is 2.16. The van der Waals surface area contributed by atoms with E-state index in [4.69, 9.17) is 5.73 Å². The van der Waals surface area contributed by atoms with Gasteiger partial charge in [0.05, 0.1) is 11.6 Å². The molecule has 0 saturated carbocycles. The fraction of sp³-hybridized carbons (Fsp3) is 0.333. The van der Waals surface area contributed by atoms with Crippen LogP contribution in [-0.4, -0.2) is 24.4 Å². The molecule has 4 N–H and O–H groups in total. The van der Waals surface area contributed by atoms with Crippen molar-refractivity contribution in [2.45, 2.75) is 19.4 Å². The molecule has 2 rings (SSSR count). The van der Waals surface area contributed by atoms with Gasteiger partial charge in [0.1, 0.15) is 0 Å². The van der Waals surface area contributed by atoms with E-state index in [0.717, 1.165) is 5.56 Å². The third kappa shape index (κ3) is 2.38. The molecule has 1 unspecified atom stereocenters. The summed E-state index contributed by atoms with van der Waals surface area (Å²) < 4.78 is 0. The van der Waals surface area contributed by atoms with E-state index in [-0.39, 0.29) is 17.9 Å². The summed E-state index contributed by atoms with van der Waals surface area (Å²) in [4.78, 5) is 23.0. The van der Waals surface area contributed by atoms with Crippen molar-refractivity contribution in [3.05, 3.63) is 29.3 Å². The van der Waals surface area contributed by atoms with E-state index in [0.29, 0.717) is 24.2 Å². The van der Waals surface area contributed by atoms with Crippen LogP contribution >= 0.6 is 0 Å². The molecule has 1 aliphatic heterocycles. The molecule has 0 bridgehead atoms. The molecular weight excluding hydrogens is 218 g/mol. The average molecular weight is 233 g/mol. The molecule has 0 aromatic heterocycles. The zero-order chi connectivity index (χ0) is 12.4. The molecule has 1 saturated heterocycles. The molecule has 1 aromatic carbocycles. The lowest BCUT2D eigenvalue weighted by Crippen LogP contribution is -2.36. The fourth-order valence-electron chi connectivity index (χ4n) is 1.85. The molecule has 0 aliphatic carbocycles. The normalized spacial score (nSPS) is 18.9. The number of amides is 2. The second-order valence-corrected chi connectivity index (χ2v) is 4.21. The van der Waals surface area contributed by atoms with Gasteiger partial charge in [-0.1, -0.05) is 12.1 Å². The number of carbonyl (C=O) groups is 2. The highest BCUT2D eigenvalue weighted by molar-refractivity contribution is 6.00. The van der Waals surface area contributed by atoms with Crippen molar-refractivity contribution in [2.24, 2.45) is 0 Å². The largest absolute Gasteiger partial charge is 0.398 e. The molecule has 1 aromatic rings. The summed E-state index contributed by atoms with van der Waals surface area (Å²) in [6.07, 6.45) is 0.331. The number of hydrogen-bond acceptors (Lipinski definition) is 3. The van der Waals surface area contributed by atoms with E-state index in [1.807, 2.05) is 13.0 Å². The molecule has 1 heterocycles. The maximum absolute atomic E-state index is 12.0. The van der Waals surface area contributed by atoms with E-state index in [1.54, 1.807) is 12.1 Å². The summed E-state index contributed by atoms with van der Waals surface area (Å²) in [5.74, 6) is -0.264. The first-order chi connectivity index (χ1) is 8.08. The SMILES string of the molecule is Cc1cccc(C(=O)NC2CNC(=O)C2)c1N. The van der Waals surface area contributed by atoms with Gasteiger partial charge in [-0.05, 0) is 18.6 Å². The summed E-state index contributed by atoms with van der Waals surface area (Å²) in [6, 6.07) is 5.18. The van der Waals surface area contributed by atoms with Crippen molar-refractivity contribution in [2.75, 3.05) is 12.3 Å². The van der Waals surface area contributed by atoms with Crippen LogP contribution in [0.15, 0.2) is 18.2 Å². The zero-order valence-electron chi connectivity index (χ0n) is 9.62. The van der Waals surface area contributed by atoms with Gasteiger partial charge in [-0.25, -0.2) is 0 Å². The minimum absolute atomic E-state index is 0.0347. The fourth-order valence-corrected chi connectivity index (χ4v) is 1.85. The number of nitrogens with two attached hydrogens (primary N) is 1. The maximum atomic E-state index is 12.0. The lowest BCUT2D eigenvalue weighted by molar-refractivity contribution is -0.119. The summed E-state index contributed by atoms with van der Waals surface area (Å²) in [7, 11) is 0. The standard InChI is InChI=1S/C12H15N3O2/c1-7-3-2-4-9(11(7)13)12(17)15-8-5-10(16)14-6-8/h2-4,8H,5-6,13H2,1H3,(H,14,16)(H,15,17). The molecular formula is C12H15N3O2. The van der Waals surface area contributed by atoms with Gasteiger partial charge in [0.15, 0.2) is 0 Å². The topological polar surface area (TPSA) is 84.2 Å². The van der Waals surface area contributed by atoms with Crippen LogP contribution in [0, 0.1) is 6.92 Å². The number of anilines is 1.